The molecule has 0 heterocycles. The van der Waals surface area contributed by atoms with Crippen LogP contribution < -0.4 is 22.1 Å². The highest BCUT2D eigenvalue weighted by molar-refractivity contribution is 8.76. The maximum absolute atomic E-state index is 11.1. The van der Waals surface area contributed by atoms with Gasteiger partial charge in [-0.3, -0.25) is 19.2 Å². The smallest absolute Gasteiger partial charge is 0.240 e. The molecule has 0 aromatic carbocycles. The van der Waals surface area contributed by atoms with Crippen molar-refractivity contribution < 1.29 is 19.2 Å². The molecule has 2 atom stereocenters. The third-order valence-corrected chi connectivity index (χ3v) is 4.42. The van der Waals surface area contributed by atoms with Gasteiger partial charge in [0.05, 0.1) is 0 Å². The van der Waals surface area contributed by atoms with Crippen LogP contribution in [0.5, 0.6) is 0 Å². The van der Waals surface area contributed by atoms with E-state index < -0.39 is 23.9 Å². The minimum atomic E-state index is -0.780. The zero-order valence-electron chi connectivity index (χ0n) is 11.2. The van der Waals surface area contributed by atoms with Gasteiger partial charge in [-0.1, -0.05) is 21.6 Å². The molecule has 0 saturated heterocycles. The van der Waals surface area contributed by atoms with Crippen LogP contribution in [0.1, 0.15) is 13.8 Å². The zero-order chi connectivity index (χ0) is 15.7. The van der Waals surface area contributed by atoms with Crippen LogP contribution in [0.25, 0.3) is 0 Å². The van der Waals surface area contributed by atoms with E-state index in [9.17, 15) is 19.2 Å². The molecule has 0 radical (unpaired) electrons. The number of rotatable bonds is 9. The third-order valence-electron chi connectivity index (χ3n) is 1.99. The van der Waals surface area contributed by atoms with Gasteiger partial charge in [0.1, 0.15) is 12.1 Å². The van der Waals surface area contributed by atoms with Crippen molar-refractivity contribution in [2.75, 3.05) is 11.5 Å². The topological polar surface area (TPSA) is 144 Å². The number of hydrogen-bond acceptors (Lipinski definition) is 6. The largest absolute Gasteiger partial charge is 0.368 e. The van der Waals surface area contributed by atoms with Gasteiger partial charge in [0, 0.05) is 25.4 Å². The Balaban J connectivity index is 4.13. The number of nitrogens with one attached hydrogen (secondary N) is 2. The average Bonchev–Trinajstić information content (AvgIpc) is 2.29. The van der Waals surface area contributed by atoms with Crippen LogP contribution in [-0.2, 0) is 19.2 Å². The van der Waals surface area contributed by atoms with E-state index in [1.165, 1.54) is 35.4 Å². The number of carbonyl (C=O) groups excluding carboxylic acids is 4. The molecule has 8 nitrogen and oxygen atoms in total. The Morgan fingerprint density at radius 1 is 0.850 bits per heavy atom. The van der Waals surface area contributed by atoms with Crippen LogP contribution in [0.4, 0.5) is 0 Å². The molecule has 4 amide bonds. The zero-order valence-corrected chi connectivity index (χ0v) is 12.8. The molecule has 0 aliphatic rings. The minimum absolute atomic E-state index is 0.255. The fraction of sp³-hybridized carbons (Fsp3) is 0.600. The lowest BCUT2D eigenvalue weighted by Crippen LogP contribution is -2.46. The molecular formula is C10H18N4O4S2. The normalized spacial score (nSPS) is 13.1. The van der Waals surface area contributed by atoms with Crippen molar-refractivity contribution in [3.63, 3.8) is 0 Å². The second-order valence-corrected chi connectivity index (χ2v) is 6.43. The molecule has 0 fully saturated rings. The van der Waals surface area contributed by atoms with Gasteiger partial charge in [-0.25, -0.2) is 0 Å². The lowest BCUT2D eigenvalue weighted by atomic mass is 10.3. The van der Waals surface area contributed by atoms with Crippen molar-refractivity contribution in [3.8, 4) is 0 Å². The SMILES string of the molecule is CC(=O)NC(CSSC[C@H](NC(C)=O)C(N)=O)C(N)=O. The predicted molar refractivity (Wildman–Crippen MR) is 78.5 cm³/mol. The van der Waals surface area contributed by atoms with Gasteiger partial charge >= 0.3 is 0 Å². The van der Waals surface area contributed by atoms with E-state index in [0.717, 1.165) is 0 Å². The van der Waals surface area contributed by atoms with Gasteiger partial charge in [0.25, 0.3) is 0 Å². The van der Waals surface area contributed by atoms with Crippen molar-refractivity contribution in [1.82, 2.24) is 10.6 Å². The maximum Gasteiger partial charge on any atom is 0.240 e. The molecule has 0 aromatic rings. The molecule has 0 saturated carbocycles. The van der Waals surface area contributed by atoms with Crippen molar-refractivity contribution >= 4 is 45.2 Å². The van der Waals surface area contributed by atoms with Crippen molar-refractivity contribution in [2.24, 2.45) is 11.5 Å². The number of carbonyl (C=O) groups is 4. The van der Waals surface area contributed by atoms with E-state index in [0.29, 0.717) is 0 Å². The van der Waals surface area contributed by atoms with Crippen LogP contribution in [0.15, 0.2) is 0 Å². The Labute approximate surface area is 124 Å². The molecule has 1 unspecified atom stereocenters. The first-order chi connectivity index (χ1) is 9.23. The van der Waals surface area contributed by atoms with Crippen molar-refractivity contribution in [2.45, 2.75) is 25.9 Å². The van der Waals surface area contributed by atoms with E-state index in [1.807, 2.05) is 0 Å². The lowest BCUT2D eigenvalue weighted by molar-refractivity contribution is -0.125. The molecule has 6 N–H and O–H groups in total. The Hall–Kier alpha value is -1.42. The molecular weight excluding hydrogens is 304 g/mol. The first-order valence-electron chi connectivity index (χ1n) is 5.61. The Morgan fingerprint density at radius 2 is 1.15 bits per heavy atom. The summed E-state index contributed by atoms with van der Waals surface area (Å²) in [6.07, 6.45) is 0. The summed E-state index contributed by atoms with van der Waals surface area (Å²) < 4.78 is 0. The number of amides is 4. The molecule has 114 valence electrons. The quantitative estimate of drug-likeness (QED) is 0.295. The first kappa shape index (κ1) is 18.6. The lowest BCUT2D eigenvalue weighted by Gasteiger charge is -2.15. The Morgan fingerprint density at radius 3 is 1.35 bits per heavy atom. The highest BCUT2D eigenvalue weighted by atomic mass is 33.1. The van der Waals surface area contributed by atoms with E-state index in [-0.39, 0.29) is 23.3 Å². The summed E-state index contributed by atoms with van der Waals surface area (Å²) in [4.78, 5) is 43.9. The number of primary amides is 2. The van der Waals surface area contributed by atoms with E-state index in [1.54, 1.807) is 0 Å². The monoisotopic (exact) mass is 322 g/mol. The minimum Gasteiger partial charge on any atom is -0.368 e. The fourth-order valence-electron chi connectivity index (χ4n) is 1.11. The van der Waals surface area contributed by atoms with Crippen molar-refractivity contribution in [3.05, 3.63) is 0 Å². The van der Waals surface area contributed by atoms with Gasteiger partial charge in [0.2, 0.25) is 23.6 Å². The summed E-state index contributed by atoms with van der Waals surface area (Å²) >= 11 is 0. The highest BCUT2D eigenvalue weighted by Gasteiger charge is 2.19. The van der Waals surface area contributed by atoms with E-state index in [4.69, 9.17) is 11.5 Å². The van der Waals surface area contributed by atoms with E-state index >= 15 is 0 Å². The summed E-state index contributed by atoms with van der Waals surface area (Å²) in [6, 6.07) is -1.56. The molecule has 0 bridgehead atoms. The van der Waals surface area contributed by atoms with Gasteiger partial charge in [0.15, 0.2) is 0 Å². The van der Waals surface area contributed by atoms with Gasteiger partial charge < -0.3 is 22.1 Å². The van der Waals surface area contributed by atoms with Crippen molar-refractivity contribution in [1.29, 1.82) is 0 Å². The Bertz CT molecular complexity index is 355. The second-order valence-electron chi connectivity index (χ2n) is 3.88. The van der Waals surface area contributed by atoms with Crippen LogP contribution >= 0.6 is 21.6 Å². The summed E-state index contributed by atoms with van der Waals surface area (Å²) in [5.41, 5.74) is 10.3. The molecule has 10 heteroatoms. The van der Waals surface area contributed by atoms with Crippen LogP contribution in [0.2, 0.25) is 0 Å². The average molecular weight is 322 g/mol. The standard InChI is InChI=1S/C10H18N4O4S2/c1-5(15)13-7(9(11)17)3-19-20-4-8(10(12)18)14-6(2)16/h7-8H,3-4H2,1-2H3,(H2,11,17)(H2,12,18)(H,13,15)(H,14,16)/t7-,8?/m0/s1. The second kappa shape index (κ2) is 9.48. The molecule has 20 heavy (non-hydrogen) atoms. The summed E-state index contributed by atoms with van der Waals surface area (Å²) in [6.45, 7) is 2.57. The number of hydrogen-bond donors (Lipinski definition) is 4. The maximum atomic E-state index is 11.1. The van der Waals surface area contributed by atoms with Crippen LogP contribution in [0.3, 0.4) is 0 Å². The molecule has 0 aliphatic heterocycles. The van der Waals surface area contributed by atoms with Gasteiger partial charge in [-0.2, -0.15) is 0 Å². The predicted octanol–water partition coefficient (Wildman–Crippen LogP) is -1.65. The van der Waals surface area contributed by atoms with Gasteiger partial charge in [-0.15, -0.1) is 0 Å². The van der Waals surface area contributed by atoms with E-state index in [2.05, 4.69) is 10.6 Å². The highest BCUT2D eigenvalue weighted by Crippen LogP contribution is 2.22. The summed E-state index contributed by atoms with van der Waals surface area (Å²) in [5, 5.41) is 4.83. The first-order valence-corrected chi connectivity index (χ1v) is 8.10. The summed E-state index contributed by atoms with van der Waals surface area (Å²) in [5.74, 6) is -1.47. The molecule has 0 spiro atoms. The molecule has 0 aliphatic carbocycles. The summed E-state index contributed by atoms with van der Waals surface area (Å²) in [7, 11) is 2.49. The molecule has 0 aromatic heterocycles. The third kappa shape index (κ3) is 8.64. The van der Waals surface area contributed by atoms with Gasteiger partial charge in [-0.05, 0) is 0 Å². The van der Waals surface area contributed by atoms with Crippen LogP contribution in [0, 0.1) is 0 Å². The Kier molecular flexibility index (Phi) is 8.81. The van der Waals surface area contributed by atoms with Crippen LogP contribution in [-0.4, -0.2) is 47.2 Å². The molecule has 0 rings (SSSR count). The fourth-order valence-corrected chi connectivity index (χ4v) is 3.47. The number of nitrogens with two attached hydrogens (primary N) is 2.